The molecular weight excluding hydrogens is 426 g/mol. The van der Waals surface area contributed by atoms with Gasteiger partial charge in [0.1, 0.15) is 11.7 Å². The molecule has 0 aliphatic carbocycles. The molecular formula is C28H29N3O3. The Morgan fingerprint density at radius 2 is 1.65 bits per heavy atom. The van der Waals surface area contributed by atoms with Crippen molar-refractivity contribution in [3.63, 3.8) is 0 Å². The van der Waals surface area contributed by atoms with Crippen LogP contribution in [0.25, 0.3) is 16.8 Å². The predicted molar refractivity (Wildman–Crippen MR) is 134 cm³/mol. The second-order valence-corrected chi connectivity index (χ2v) is 8.77. The van der Waals surface area contributed by atoms with Crippen LogP contribution in [0.5, 0.6) is 0 Å². The fourth-order valence-electron chi connectivity index (χ4n) is 4.28. The molecule has 3 aromatic rings. The summed E-state index contributed by atoms with van der Waals surface area (Å²) in [5.41, 5.74) is 1.42. The molecule has 34 heavy (non-hydrogen) atoms. The fourth-order valence-corrected chi connectivity index (χ4v) is 4.28. The maximum atomic E-state index is 13.7. The van der Waals surface area contributed by atoms with Gasteiger partial charge in [-0.15, -0.1) is 0 Å². The number of likely N-dealkylation sites (tertiary alicyclic amines) is 1. The summed E-state index contributed by atoms with van der Waals surface area (Å²) < 4.78 is 0. The van der Waals surface area contributed by atoms with Crippen molar-refractivity contribution in [1.29, 1.82) is 0 Å². The molecule has 174 valence electrons. The first-order valence-corrected chi connectivity index (χ1v) is 11.6. The quantitative estimate of drug-likeness (QED) is 0.549. The summed E-state index contributed by atoms with van der Waals surface area (Å²) in [4.78, 5) is 41.0. The smallest absolute Gasteiger partial charge is 0.271 e. The molecule has 1 fully saturated rings. The van der Waals surface area contributed by atoms with Crippen LogP contribution < -0.4 is 10.6 Å². The Kier molecular flexibility index (Phi) is 7.07. The van der Waals surface area contributed by atoms with Gasteiger partial charge in [0.25, 0.3) is 11.8 Å². The van der Waals surface area contributed by atoms with E-state index in [1.807, 2.05) is 62.4 Å². The third-order valence-corrected chi connectivity index (χ3v) is 5.89. The highest BCUT2D eigenvalue weighted by Gasteiger charge is 2.36. The highest BCUT2D eigenvalue weighted by molar-refractivity contribution is 6.07. The molecule has 0 aromatic heterocycles. The standard InChI is InChI=1S/C28H29N3O3/c1-19(2)29-27(33)25-16-9-17-31(25)28(34)24(30-26(32)21-11-4-3-5-12-21)18-22-14-8-13-20-10-6-7-15-23(20)22/h3-8,10-15,18-19,25H,9,16-17H2,1-2H3,(H,29,33)(H,30,32)/b24-18-/t25-/m0/s1. The lowest BCUT2D eigenvalue weighted by atomic mass is 10.0. The molecule has 1 aliphatic heterocycles. The van der Waals surface area contributed by atoms with Crippen LogP contribution >= 0.6 is 0 Å². The molecule has 3 aromatic carbocycles. The van der Waals surface area contributed by atoms with Gasteiger partial charge in [-0.25, -0.2) is 0 Å². The van der Waals surface area contributed by atoms with Gasteiger partial charge in [-0.05, 0) is 61.2 Å². The van der Waals surface area contributed by atoms with Gasteiger partial charge in [-0.2, -0.15) is 0 Å². The molecule has 2 N–H and O–H groups in total. The molecule has 0 bridgehead atoms. The number of carbonyl (C=O) groups is 3. The van der Waals surface area contributed by atoms with Crippen LogP contribution in [0, 0.1) is 0 Å². The van der Waals surface area contributed by atoms with E-state index >= 15 is 0 Å². The maximum Gasteiger partial charge on any atom is 0.271 e. The average molecular weight is 456 g/mol. The predicted octanol–water partition coefficient (Wildman–Crippen LogP) is 4.13. The summed E-state index contributed by atoms with van der Waals surface area (Å²) in [5, 5.41) is 7.74. The molecule has 4 rings (SSSR count). The minimum Gasteiger partial charge on any atom is -0.352 e. The molecule has 0 radical (unpaired) electrons. The van der Waals surface area contributed by atoms with E-state index in [0.717, 1.165) is 22.8 Å². The second-order valence-electron chi connectivity index (χ2n) is 8.77. The zero-order chi connectivity index (χ0) is 24.1. The van der Waals surface area contributed by atoms with Crippen molar-refractivity contribution in [2.24, 2.45) is 0 Å². The highest BCUT2D eigenvalue weighted by atomic mass is 16.2. The Morgan fingerprint density at radius 1 is 0.941 bits per heavy atom. The number of hydrogen-bond acceptors (Lipinski definition) is 3. The van der Waals surface area contributed by atoms with Gasteiger partial charge in [-0.1, -0.05) is 60.7 Å². The van der Waals surface area contributed by atoms with Gasteiger partial charge in [0.05, 0.1) is 0 Å². The van der Waals surface area contributed by atoms with E-state index in [9.17, 15) is 14.4 Å². The van der Waals surface area contributed by atoms with E-state index in [0.29, 0.717) is 18.5 Å². The van der Waals surface area contributed by atoms with E-state index in [1.165, 1.54) is 0 Å². The van der Waals surface area contributed by atoms with Gasteiger partial charge >= 0.3 is 0 Å². The van der Waals surface area contributed by atoms with Crippen molar-refractivity contribution < 1.29 is 14.4 Å². The number of benzene rings is 3. The molecule has 3 amide bonds. The van der Waals surface area contributed by atoms with E-state index in [-0.39, 0.29) is 29.5 Å². The Labute approximate surface area is 199 Å². The third kappa shape index (κ3) is 5.17. The Balaban J connectivity index is 1.71. The first kappa shape index (κ1) is 23.2. The Morgan fingerprint density at radius 3 is 2.41 bits per heavy atom. The van der Waals surface area contributed by atoms with Crippen LogP contribution in [-0.4, -0.2) is 41.2 Å². The van der Waals surface area contributed by atoms with Gasteiger partial charge in [0, 0.05) is 18.2 Å². The minimum absolute atomic E-state index is 0.0199. The van der Waals surface area contributed by atoms with E-state index in [4.69, 9.17) is 0 Å². The zero-order valence-electron chi connectivity index (χ0n) is 19.5. The molecule has 6 heteroatoms. The third-order valence-electron chi connectivity index (χ3n) is 5.89. The van der Waals surface area contributed by atoms with Crippen molar-refractivity contribution in [1.82, 2.24) is 15.5 Å². The van der Waals surface area contributed by atoms with Gasteiger partial charge in [-0.3, -0.25) is 14.4 Å². The lowest BCUT2D eigenvalue weighted by molar-refractivity contribution is -0.136. The van der Waals surface area contributed by atoms with Crippen LogP contribution in [0.2, 0.25) is 0 Å². The van der Waals surface area contributed by atoms with Crippen molar-refractivity contribution in [2.75, 3.05) is 6.54 Å². The Bertz CT molecular complexity index is 1230. The molecule has 1 aliphatic rings. The topological polar surface area (TPSA) is 78.5 Å². The normalized spacial score (nSPS) is 16.0. The van der Waals surface area contributed by atoms with E-state index < -0.39 is 6.04 Å². The van der Waals surface area contributed by atoms with Crippen LogP contribution in [0.3, 0.4) is 0 Å². The molecule has 1 heterocycles. The number of fused-ring (bicyclic) bond motifs is 1. The summed E-state index contributed by atoms with van der Waals surface area (Å²) in [6.07, 6.45) is 3.04. The monoisotopic (exact) mass is 455 g/mol. The zero-order valence-corrected chi connectivity index (χ0v) is 19.5. The Hall–Kier alpha value is -3.93. The van der Waals surface area contributed by atoms with Gasteiger partial charge in [0.15, 0.2) is 0 Å². The SMILES string of the molecule is CC(C)NC(=O)[C@@H]1CCCN1C(=O)/C(=C/c1cccc2ccccc12)NC(=O)c1ccccc1. The largest absolute Gasteiger partial charge is 0.352 e. The molecule has 0 saturated carbocycles. The van der Waals surface area contributed by atoms with Crippen LogP contribution in [0.4, 0.5) is 0 Å². The lowest BCUT2D eigenvalue weighted by Gasteiger charge is -2.26. The summed E-state index contributed by atoms with van der Waals surface area (Å²) in [6, 6.07) is 21.9. The maximum absolute atomic E-state index is 13.7. The summed E-state index contributed by atoms with van der Waals surface area (Å²) in [7, 11) is 0. The number of nitrogens with one attached hydrogen (secondary N) is 2. The summed E-state index contributed by atoms with van der Waals surface area (Å²) in [6.45, 7) is 4.25. The summed E-state index contributed by atoms with van der Waals surface area (Å²) in [5.74, 6) is -0.902. The van der Waals surface area contributed by atoms with Crippen LogP contribution in [-0.2, 0) is 9.59 Å². The average Bonchev–Trinajstić information content (AvgIpc) is 3.34. The molecule has 0 unspecified atom stereocenters. The lowest BCUT2D eigenvalue weighted by Crippen LogP contribution is -2.49. The molecule has 1 saturated heterocycles. The van der Waals surface area contributed by atoms with E-state index in [1.54, 1.807) is 35.2 Å². The van der Waals surface area contributed by atoms with Crippen LogP contribution in [0.15, 0.2) is 78.5 Å². The highest BCUT2D eigenvalue weighted by Crippen LogP contribution is 2.24. The first-order valence-electron chi connectivity index (χ1n) is 11.6. The number of hydrogen-bond donors (Lipinski definition) is 2. The number of amides is 3. The first-order chi connectivity index (χ1) is 16.4. The number of carbonyl (C=O) groups excluding carboxylic acids is 3. The fraction of sp³-hybridized carbons (Fsp3) is 0.250. The molecule has 6 nitrogen and oxygen atoms in total. The molecule has 1 atom stereocenters. The van der Waals surface area contributed by atoms with Gasteiger partial charge in [0.2, 0.25) is 5.91 Å². The number of nitrogens with zero attached hydrogens (tertiary/aromatic N) is 1. The van der Waals surface area contributed by atoms with E-state index in [2.05, 4.69) is 10.6 Å². The van der Waals surface area contributed by atoms with Crippen LogP contribution in [0.1, 0.15) is 42.6 Å². The van der Waals surface area contributed by atoms with Crippen molar-refractivity contribution in [3.8, 4) is 0 Å². The second kappa shape index (κ2) is 10.3. The summed E-state index contributed by atoms with van der Waals surface area (Å²) >= 11 is 0. The van der Waals surface area contributed by atoms with Crippen molar-refractivity contribution >= 4 is 34.6 Å². The van der Waals surface area contributed by atoms with Crippen molar-refractivity contribution in [3.05, 3.63) is 89.6 Å². The molecule has 0 spiro atoms. The van der Waals surface area contributed by atoms with Crippen molar-refractivity contribution in [2.45, 2.75) is 38.8 Å². The van der Waals surface area contributed by atoms with Gasteiger partial charge < -0.3 is 15.5 Å². The minimum atomic E-state index is -0.556. The number of rotatable bonds is 6.